The number of alkyl carbamates (subject to hydrolysis) is 1. The number of unbranched alkanes of at least 4 members (excludes halogenated alkanes) is 1. The van der Waals surface area contributed by atoms with Crippen LogP contribution in [0.5, 0.6) is 0 Å². The first-order chi connectivity index (χ1) is 13.4. The maximum absolute atomic E-state index is 12.5. The number of benzene rings is 1. The Balaban J connectivity index is 2.06. The van der Waals surface area contributed by atoms with Crippen LogP contribution in [0.15, 0.2) is 34.2 Å². The number of carbonyl (C=O) groups is 2. The fourth-order valence-electron chi connectivity index (χ4n) is 2.69. The molecule has 1 atom stereocenters. The highest BCUT2D eigenvalue weighted by molar-refractivity contribution is 7.90. The smallest absolute Gasteiger partial charge is 0.407 e. The Labute approximate surface area is 165 Å². The predicted molar refractivity (Wildman–Crippen MR) is 105 cm³/mol. The van der Waals surface area contributed by atoms with E-state index >= 15 is 0 Å². The van der Waals surface area contributed by atoms with E-state index in [-0.39, 0.29) is 36.3 Å². The molecule has 9 nitrogen and oxygen atoms in total. The predicted octanol–water partition coefficient (Wildman–Crippen LogP) is 1.15. The van der Waals surface area contributed by atoms with Crippen LogP contribution in [0.1, 0.15) is 38.7 Å². The van der Waals surface area contributed by atoms with Crippen molar-refractivity contribution < 1.29 is 22.7 Å². The van der Waals surface area contributed by atoms with Gasteiger partial charge in [-0.2, -0.15) is 0 Å². The van der Waals surface area contributed by atoms with E-state index < -0.39 is 22.2 Å². The zero-order valence-electron chi connectivity index (χ0n) is 16.0. The molecule has 10 heteroatoms. The number of ether oxygens (including phenoxy) is 1. The Kier molecular flexibility index (Phi) is 7.80. The molecule has 0 aliphatic carbocycles. The van der Waals surface area contributed by atoms with Crippen molar-refractivity contribution in [3.63, 3.8) is 0 Å². The molecule has 0 saturated carbocycles. The van der Waals surface area contributed by atoms with Gasteiger partial charge in [0.1, 0.15) is 11.9 Å². The fourth-order valence-corrected chi connectivity index (χ4v) is 3.93. The third-order valence-corrected chi connectivity index (χ3v) is 5.45. The monoisotopic (exact) mass is 410 g/mol. The number of rotatable bonds is 9. The van der Waals surface area contributed by atoms with Gasteiger partial charge >= 0.3 is 6.09 Å². The molecule has 1 aromatic carbocycles. The van der Waals surface area contributed by atoms with Crippen molar-refractivity contribution in [2.75, 3.05) is 19.7 Å². The first-order valence-corrected chi connectivity index (χ1v) is 10.8. The van der Waals surface area contributed by atoms with Crippen LogP contribution in [0.2, 0.25) is 0 Å². The van der Waals surface area contributed by atoms with Crippen LogP contribution in [0.3, 0.4) is 0 Å². The SMILES string of the molecule is CCCCC(N=C1NS(=O)(=O)c2ccccc21)C(=O)NCCNC(=O)OCC. The highest BCUT2D eigenvalue weighted by Gasteiger charge is 2.31. The van der Waals surface area contributed by atoms with Crippen molar-refractivity contribution in [1.29, 1.82) is 0 Å². The van der Waals surface area contributed by atoms with Gasteiger partial charge in [0.05, 0.1) is 11.5 Å². The molecule has 1 aliphatic rings. The summed E-state index contributed by atoms with van der Waals surface area (Å²) in [6.07, 6.45) is 1.59. The molecule has 0 spiro atoms. The molecule has 28 heavy (non-hydrogen) atoms. The van der Waals surface area contributed by atoms with Gasteiger partial charge in [-0.15, -0.1) is 0 Å². The summed E-state index contributed by atoms with van der Waals surface area (Å²) in [6, 6.07) is 5.79. The Morgan fingerprint density at radius 1 is 1.18 bits per heavy atom. The van der Waals surface area contributed by atoms with Gasteiger partial charge in [0.2, 0.25) is 5.91 Å². The summed E-state index contributed by atoms with van der Waals surface area (Å²) in [6.45, 7) is 4.41. The second-order valence-electron chi connectivity index (χ2n) is 6.18. The summed E-state index contributed by atoms with van der Waals surface area (Å²) < 4.78 is 31.6. The Bertz CT molecular complexity index is 838. The number of amidine groups is 1. The summed E-state index contributed by atoms with van der Waals surface area (Å²) in [5.41, 5.74) is 0.459. The first-order valence-electron chi connectivity index (χ1n) is 9.27. The minimum absolute atomic E-state index is 0.155. The maximum Gasteiger partial charge on any atom is 0.407 e. The Morgan fingerprint density at radius 2 is 1.89 bits per heavy atom. The quantitative estimate of drug-likeness (QED) is 0.527. The lowest BCUT2D eigenvalue weighted by atomic mass is 10.1. The van der Waals surface area contributed by atoms with Gasteiger partial charge in [-0.3, -0.25) is 14.5 Å². The third kappa shape index (κ3) is 5.69. The third-order valence-electron chi connectivity index (χ3n) is 4.05. The molecule has 154 valence electrons. The van der Waals surface area contributed by atoms with Crippen LogP contribution in [-0.4, -0.2) is 52.0 Å². The lowest BCUT2D eigenvalue weighted by Gasteiger charge is -2.14. The number of nitrogens with zero attached hydrogens (tertiary/aromatic N) is 1. The van der Waals surface area contributed by atoms with E-state index in [1.165, 1.54) is 6.07 Å². The number of hydrogen-bond donors (Lipinski definition) is 3. The van der Waals surface area contributed by atoms with Crippen molar-refractivity contribution in [2.24, 2.45) is 4.99 Å². The summed E-state index contributed by atoms with van der Waals surface area (Å²) in [5, 5.41) is 5.23. The average molecular weight is 410 g/mol. The number of nitrogens with one attached hydrogen (secondary N) is 3. The number of amides is 2. The van der Waals surface area contributed by atoms with Crippen molar-refractivity contribution in [3.8, 4) is 0 Å². The normalized spacial score (nSPS) is 16.7. The molecule has 0 aromatic heterocycles. The van der Waals surface area contributed by atoms with E-state index in [4.69, 9.17) is 4.74 Å². The standard InChI is InChI=1S/C18H26N4O5S/c1-3-5-9-14(17(23)19-11-12-20-18(24)27-4-2)21-16-13-8-6-7-10-15(13)28(25,26)22-16/h6-8,10,14H,3-5,9,11-12H2,1-2H3,(H,19,23)(H,20,24)(H,21,22). The molecule has 2 rings (SSSR count). The summed E-state index contributed by atoms with van der Waals surface area (Å²) >= 11 is 0. The van der Waals surface area contributed by atoms with Gasteiger partial charge in [0.15, 0.2) is 0 Å². The van der Waals surface area contributed by atoms with Crippen LogP contribution in [0, 0.1) is 0 Å². The average Bonchev–Trinajstić information content (AvgIpc) is 2.93. The fraction of sp³-hybridized carbons (Fsp3) is 0.500. The van der Waals surface area contributed by atoms with E-state index in [0.717, 1.165) is 12.8 Å². The number of sulfonamides is 1. The summed E-state index contributed by atoms with van der Waals surface area (Å²) in [5.74, 6) is -0.147. The largest absolute Gasteiger partial charge is 0.450 e. The molecular weight excluding hydrogens is 384 g/mol. The minimum atomic E-state index is -3.66. The van der Waals surface area contributed by atoms with Gasteiger partial charge in [-0.1, -0.05) is 31.9 Å². The summed E-state index contributed by atoms with van der Waals surface area (Å²) in [4.78, 5) is 28.3. The molecular formula is C18H26N4O5S. The van der Waals surface area contributed by atoms with Gasteiger partial charge in [-0.25, -0.2) is 13.2 Å². The van der Waals surface area contributed by atoms with Crippen LogP contribution in [0.25, 0.3) is 0 Å². The number of aliphatic imine (C=N–C) groups is 1. The van der Waals surface area contributed by atoms with Gasteiger partial charge in [0.25, 0.3) is 10.0 Å². The highest BCUT2D eigenvalue weighted by atomic mass is 32.2. The van der Waals surface area contributed by atoms with Crippen molar-refractivity contribution in [3.05, 3.63) is 29.8 Å². The van der Waals surface area contributed by atoms with Crippen molar-refractivity contribution in [1.82, 2.24) is 15.4 Å². The molecule has 0 bridgehead atoms. The molecule has 0 fully saturated rings. The zero-order chi connectivity index (χ0) is 20.6. The van der Waals surface area contributed by atoms with E-state index in [9.17, 15) is 18.0 Å². The minimum Gasteiger partial charge on any atom is -0.450 e. The molecule has 1 aromatic rings. The number of carbonyl (C=O) groups excluding carboxylic acids is 2. The highest BCUT2D eigenvalue weighted by Crippen LogP contribution is 2.23. The molecule has 0 saturated heterocycles. The lowest BCUT2D eigenvalue weighted by Crippen LogP contribution is -2.40. The van der Waals surface area contributed by atoms with Crippen LogP contribution in [0.4, 0.5) is 4.79 Å². The van der Waals surface area contributed by atoms with E-state index in [2.05, 4.69) is 20.3 Å². The summed E-state index contributed by atoms with van der Waals surface area (Å²) in [7, 11) is -3.66. The zero-order valence-corrected chi connectivity index (χ0v) is 16.8. The number of fused-ring (bicyclic) bond motifs is 1. The van der Waals surface area contributed by atoms with Crippen molar-refractivity contribution >= 4 is 27.9 Å². The topological polar surface area (TPSA) is 126 Å². The molecule has 2 amide bonds. The molecule has 1 unspecified atom stereocenters. The van der Waals surface area contributed by atoms with Gasteiger partial charge in [-0.05, 0) is 25.5 Å². The second-order valence-corrected chi connectivity index (χ2v) is 7.83. The molecule has 1 aliphatic heterocycles. The van der Waals surface area contributed by atoms with Gasteiger partial charge in [0, 0.05) is 18.7 Å². The van der Waals surface area contributed by atoms with E-state index in [0.29, 0.717) is 12.0 Å². The molecule has 3 N–H and O–H groups in total. The number of hydrogen-bond acceptors (Lipinski definition) is 6. The lowest BCUT2D eigenvalue weighted by molar-refractivity contribution is -0.122. The second kappa shape index (κ2) is 10.1. The van der Waals surface area contributed by atoms with E-state index in [1.807, 2.05) is 6.92 Å². The van der Waals surface area contributed by atoms with Crippen LogP contribution in [-0.2, 0) is 19.6 Å². The Morgan fingerprint density at radius 3 is 2.61 bits per heavy atom. The maximum atomic E-state index is 12.5. The first kappa shape index (κ1) is 21.7. The van der Waals surface area contributed by atoms with E-state index in [1.54, 1.807) is 25.1 Å². The Hall–Kier alpha value is -2.62. The van der Waals surface area contributed by atoms with Crippen molar-refractivity contribution in [2.45, 2.75) is 44.0 Å². The molecule has 1 heterocycles. The van der Waals surface area contributed by atoms with Crippen LogP contribution >= 0.6 is 0 Å². The van der Waals surface area contributed by atoms with Crippen LogP contribution < -0.4 is 15.4 Å². The van der Waals surface area contributed by atoms with Gasteiger partial charge < -0.3 is 15.4 Å². The molecule has 0 radical (unpaired) electrons.